The van der Waals surface area contributed by atoms with Crippen LogP contribution in [-0.2, 0) is 6.54 Å². The zero-order chi connectivity index (χ0) is 22.8. The Hall–Kier alpha value is -2.51. The molecule has 0 spiro atoms. The molecule has 1 amide bonds. The molecule has 3 aromatic rings. The Bertz CT molecular complexity index is 1190. The van der Waals surface area contributed by atoms with Crippen molar-refractivity contribution in [2.45, 2.75) is 51.1 Å². The fraction of sp³-hybridized carbons (Fsp3) is 0.440. The molecule has 1 aliphatic rings. The Morgan fingerprint density at radius 1 is 1.25 bits per heavy atom. The molecule has 0 bridgehead atoms. The SMILES string of the molecule is CSc1cc(C)[nH]c(=O)c1CNC(=O)c1c(C)n(C(C)C2CCNCC2)c2ccccc12. The maximum atomic E-state index is 13.4. The number of carbonyl (C=O) groups excluding carboxylic acids is 1. The molecule has 0 aliphatic carbocycles. The van der Waals surface area contributed by atoms with Gasteiger partial charge in [-0.05, 0) is 71.0 Å². The highest BCUT2D eigenvalue weighted by Crippen LogP contribution is 2.34. The van der Waals surface area contributed by atoms with Gasteiger partial charge in [0.15, 0.2) is 0 Å². The third-order valence-corrected chi connectivity index (χ3v) is 7.54. The Labute approximate surface area is 193 Å². The van der Waals surface area contributed by atoms with E-state index in [4.69, 9.17) is 0 Å². The highest BCUT2D eigenvalue weighted by Gasteiger charge is 2.27. The first-order chi connectivity index (χ1) is 15.4. The summed E-state index contributed by atoms with van der Waals surface area (Å²) < 4.78 is 2.34. The average molecular weight is 453 g/mol. The first-order valence-electron chi connectivity index (χ1n) is 11.3. The summed E-state index contributed by atoms with van der Waals surface area (Å²) in [6, 6.07) is 10.4. The highest BCUT2D eigenvalue weighted by atomic mass is 32.2. The maximum absolute atomic E-state index is 13.4. The zero-order valence-electron chi connectivity index (χ0n) is 19.2. The van der Waals surface area contributed by atoms with Crippen molar-refractivity contribution in [3.05, 3.63) is 63.2 Å². The van der Waals surface area contributed by atoms with Crippen molar-refractivity contribution in [2.75, 3.05) is 19.3 Å². The van der Waals surface area contributed by atoms with E-state index >= 15 is 0 Å². The molecule has 1 saturated heterocycles. The molecule has 1 fully saturated rings. The topological polar surface area (TPSA) is 78.9 Å². The van der Waals surface area contributed by atoms with E-state index in [0.717, 1.165) is 53.1 Å². The van der Waals surface area contributed by atoms with E-state index in [1.165, 1.54) is 11.8 Å². The highest BCUT2D eigenvalue weighted by molar-refractivity contribution is 7.98. The van der Waals surface area contributed by atoms with Gasteiger partial charge in [0.05, 0.1) is 5.56 Å². The molecule has 6 nitrogen and oxygen atoms in total. The van der Waals surface area contributed by atoms with Crippen LogP contribution < -0.4 is 16.2 Å². The molecule has 3 heterocycles. The summed E-state index contributed by atoms with van der Waals surface area (Å²) in [5, 5.41) is 7.43. The number of piperidine rings is 1. The third-order valence-electron chi connectivity index (χ3n) is 6.73. The van der Waals surface area contributed by atoms with E-state index in [2.05, 4.69) is 33.2 Å². The number of carbonyl (C=O) groups is 1. The Kier molecular flexibility index (Phi) is 6.76. The number of aromatic nitrogens is 2. The van der Waals surface area contributed by atoms with Gasteiger partial charge in [-0.15, -0.1) is 11.8 Å². The van der Waals surface area contributed by atoms with Gasteiger partial charge < -0.3 is 20.2 Å². The monoisotopic (exact) mass is 452 g/mol. The van der Waals surface area contributed by atoms with E-state index in [-0.39, 0.29) is 18.0 Å². The standard InChI is InChI=1S/C25H32N4O2S/c1-15-13-22(32-4)20(24(30)28-15)14-27-25(31)23-17(3)29(21-8-6-5-7-19(21)23)16(2)18-9-11-26-12-10-18/h5-8,13,16,18,26H,9-12,14H2,1-4H3,(H,27,31)(H,28,30). The molecule has 170 valence electrons. The number of para-hydroxylation sites is 1. The van der Waals surface area contributed by atoms with Gasteiger partial charge in [0.2, 0.25) is 0 Å². The van der Waals surface area contributed by atoms with Gasteiger partial charge >= 0.3 is 0 Å². The Morgan fingerprint density at radius 3 is 2.69 bits per heavy atom. The molecule has 0 radical (unpaired) electrons. The summed E-state index contributed by atoms with van der Waals surface area (Å²) in [4.78, 5) is 29.6. The van der Waals surface area contributed by atoms with Crippen molar-refractivity contribution in [3.8, 4) is 0 Å². The quantitative estimate of drug-likeness (QED) is 0.491. The van der Waals surface area contributed by atoms with E-state index in [0.29, 0.717) is 23.1 Å². The third kappa shape index (κ3) is 4.24. The molecule has 1 unspecified atom stereocenters. The summed E-state index contributed by atoms with van der Waals surface area (Å²) in [6.45, 7) is 8.47. The second-order valence-corrected chi connectivity index (χ2v) is 9.53. The summed E-state index contributed by atoms with van der Waals surface area (Å²) in [5.74, 6) is 0.443. The van der Waals surface area contributed by atoms with Gasteiger partial charge in [0.1, 0.15) is 0 Å². The van der Waals surface area contributed by atoms with Gasteiger partial charge in [-0.1, -0.05) is 18.2 Å². The van der Waals surface area contributed by atoms with Crippen LogP contribution in [0.25, 0.3) is 10.9 Å². The molecule has 7 heteroatoms. The van der Waals surface area contributed by atoms with Gasteiger partial charge in [0, 0.05) is 45.3 Å². The summed E-state index contributed by atoms with van der Waals surface area (Å²) >= 11 is 1.52. The van der Waals surface area contributed by atoms with Crippen molar-refractivity contribution in [1.29, 1.82) is 0 Å². The Balaban J connectivity index is 1.67. The molecular weight excluding hydrogens is 420 g/mol. The van der Waals surface area contributed by atoms with Crippen molar-refractivity contribution >= 4 is 28.6 Å². The summed E-state index contributed by atoms with van der Waals surface area (Å²) in [7, 11) is 0. The van der Waals surface area contributed by atoms with Gasteiger partial charge in [-0.3, -0.25) is 9.59 Å². The molecule has 4 rings (SSSR count). The molecule has 1 aliphatic heterocycles. The zero-order valence-corrected chi connectivity index (χ0v) is 20.1. The second-order valence-electron chi connectivity index (χ2n) is 8.69. The van der Waals surface area contributed by atoms with E-state index in [9.17, 15) is 9.59 Å². The van der Waals surface area contributed by atoms with Crippen LogP contribution in [0.15, 0.2) is 40.0 Å². The van der Waals surface area contributed by atoms with Gasteiger partial charge in [-0.2, -0.15) is 0 Å². The lowest BCUT2D eigenvalue weighted by Gasteiger charge is -2.30. The summed E-state index contributed by atoms with van der Waals surface area (Å²) in [6.07, 6.45) is 4.23. The van der Waals surface area contributed by atoms with Crippen LogP contribution in [0.5, 0.6) is 0 Å². The van der Waals surface area contributed by atoms with Crippen LogP contribution in [0, 0.1) is 19.8 Å². The number of benzene rings is 1. The number of amides is 1. The smallest absolute Gasteiger partial charge is 0.254 e. The number of rotatable bonds is 6. The van der Waals surface area contributed by atoms with E-state index in [1.807, 2.05) is 44.4 Å². The minimum absolute atomic E-state index is 0.137. The van der Waals surface area contributed by atoms with Crippen LogP contribution in [0.4, 0.5) is 0 Å². The number of H-pyrrole nitrogens is 1. The lowest BCUT2D eigenvalue weighted by Crippen LogP contribution is -2.32. The van der Waals surface area contributed by atoms with E-state index < -0.39 is 0 Å². The number of pyridine rings is 1. The normalized spacial score (nSPS) is 15.8. The van der Waals surface area contributed by atoms with Crippen molar-refractivity contribution in [3.63, 3.8) is 0 Å². The van der Waals surface area contributed by atoms with Crippen LogP contribution in [0.1, 0.15) is 53.1 Å². The largest absolute Gasteiger partial charge is 0.348 e. The van der Waals surface area contributed by atoms with Crippen LogP contribution in [0.2, 0.25) is 0 Å². The molecule has 2 aromatic heterocycles. The Morgan fingerprint density at radius 2 is 1.97 bits per heavy atom. The van der Waals surface area contributed by atoms with Crippen molar-refractivity contribution < 1.29 is 4.79 Å². The summed E-state index contributed by atoms with van der Waals surface area (Å²) in [5.41, 5.74) is 4.06. The minimum atomic E-state index is -0.145. The number of nitrogens with zero attached hydrogens (tertiary/aromatic N) is 1. The fourth-order valence-corrected chi connectivity index (χ4v) is 5.74. The van der Waals surface area contributed by atoms with Crippen LogP contribution in [-0.4, -0.2) is 34.8 Å². The number of thioether (sulfide) groups is 1. The maximum Gasteiger partial charge on any atom is 0.254 e. The number of fused-ring (bicyclic) bond motifs is 1. The number of nitrogens with one attached hydrogen (secondary N) is 3. The first-order valence-corrected chi connectivity index (χ1v) is 12.5. The molecule has 1 atom stereocenters. The minimum Gasteiger partial charge on any atom is -0.348 e. The number of aryl methyl sites for hydroxylation is 1. The van der Waals surface area contributed by atoms with Crippen LogP contribution in [0.3, 0.4) is 0 Å². The van der Waals surface area contributed by atoms with Gasteiger partial charge in [0.25, 0.3) is 11.5 Å². The predicted molar refractivity (Wildman–Crippen MR) is 132 cm³/mol. The lowest BCUT2D eigenvalue weighted by molar-refractivity contribution is 0.0951. The molecule has 32 heavy (non-hydrogen) atoms. The first kappa shape index (κ1) is 22.7. The predicted octanol–water partition coefficient (Wildman–Crippen LogP) is 4.16. The average Bonchev–Trinajstić information content (AvgIpc) is 3.09. The van der Waals surface area contributed by atoms with E-state index in [1.54, 1.807) is 0 Å². The van der Waals surface area contributed by atoms with Crippen molar-refractivity contribution in [2.24, 2.45) is 5.92 Å². The van der Waals surface area contributed by atoms with Gasteiger partial charge in [-0.25, -0.2) is 0 Å². The fourth-order valence-electron chi connectivity index (χ4n) is 5.03. The van der Waals surface area contributed by atoms with Crippen molar-refractivity contribution in [1.82, 2.24) is 20.2 Å². The lowest BCUT2D eigenvalue weighted by atomic mass is 9.91. The number of hydrogen-bond acceptors (Lipinski definition) is 4. The number of aromatic amines is 1. The molecule has 3 N–H and O–H groups in total. The number of hydrogen-bond donors (Lipinski definition) is 3. The molecule has 1 aromatic carbocycles. The molecule has 0 saturated carbocycles. The molecular formula is C25H32N4O2S. The second kappa shape index (κ2) is 9.55. The van der Waals surface area contributed by atoms with Crippen LogP contribution >= 0.6 is 11.8 Å².